The molecule has 0 radical (unpaired) electrons. The molecule has 0 aliphatic carbocycles. The molecule has 0 spiro atoms. The molecule has 0 unspecified atom stereocenters. The number of hydrogen-bond acceptors (Lipinski definition) is 3. The van der Waals surface area contributed by atoms with Gasteiger partial charge in [-0.3, -0.25) is 9.58 Å². The molecule has 0 atom stereocenters. The van der Waals surface area contributed by atoms with Crippen LogP contribution in [0.3, 0.4) is 0 Å². The monoisotopic (exact) mass is 349 g/mol. The Hall–Kier alpha value is -2.40. The second-order valence-electron chi connectivity index (χ2n) is 7.51. The summed E-state index contributed by atoms with van der Waals surface area (Å²) >= 11 is 0. The van der Waals surface area contributed by atoms with E-state index in [2.05, 4.69) is 77.1 Å². The molecule has 3 heterocycles. The van der Waals surface area contributed by atoms with Crippen molar-refractivity contribution in [2.75, 3.05) is 13.1 Å². The van der Waals surface area contributed by atoms with Gasteiger partial charge < -0.3 is 0 Å². The van der Waals surface area contributed by atoms with Gasteiger partial charge in [0.2, 0.25) is 0 Å². The molecule has 26 heavy (non-hydrogen) atoms. The molecule has 1 aliphatic rings. The normalized spacial score (nSPS) is 16.3. The van der Waals surface area contributed by atoms with Gasteiger partial charge in [-0.05, 0) is 51.8 Å². The van der Waals surface area contributed by atoms with Crippen molar-refractivity contribution in [2.24, 2.45) is 0 Å². The molecule has 0 saturated carbocycles. The predicted molar refractivity (Wildman–Crippen MR) is 104 cm³/mol. The molecule has 136 valence electrons. The first-order valence-corrected chi connectivity index (χ1v) is 9.44. The van der Waals surface area contributed by atoms with Gasteiger partial charge in [0.1, 0.15) is 0 Å². The lowest BCUT2D eigenvalue weighted by atomic mass is 10.0. The van der Waals surface area contributed by atoms with Gasteiger partial charge in [-0.1, -0.05) is 17.7 Å². The molecule has 5 nitrogen and oxygen atoms in total. The van der Waals surface area contributed by atoms with Crippen LogP contribution < -0.4 is 0 Å². The zero-order chi connectivity index (χ0) is 18.1. The molecule has 0 N–H and O–H groups in total. The molecule has 2 aromatic heterocycles. The van der Waals surface area contributed by atoms with Gasteiger partial charge in [-0.15, -0.1) is 0 Å². The van der Waals surface area contributed by atoms with E-state index in [9.17, 15) is 0 Å². The highest BCUT2D eigenvalue weighted by Gasteiger charge is 2.22. The van der Waals surface area contributed by atoms with Crippen molar-refractivity contribution >= 4 is 0 Å². The van der Waals surface area contributed by atoms with E-state index >= 15 is 0 Å². The van der Waals surface area contributed by atoms with E-state index < -0.39 is 0 Å². The number of piperidine rings is 1. The fraction of sp³-hybridized carbons (Fsp3) is 0.429. The third-order valence-corrected chi connectivity index (χ3v) is 5.29. The van der Waals surface area contributed by atoms with E-state index in [4.69, 9.17) is 0 Å². The van der Waals surface area contributed by atoms with Crippen LogP contribution in [0.5, 0.6) is 0 Å². The molecular weight excluding hydrogens is 322 g/mol. The van der Waals surface area contributed by atoms with Crippen LogP contribution in [-0.2, 0) is 6.54 Å². The Kier molecular flexibility index (Phi) is 4.64. The number of aryl methyl sites for hydroxylation is 3. The molecule has 1 saturated heterocycles. The summed E-state index contributed by atoms with van der Waals surface area (Å²) in [4.78, 5) is 2.53. The number of hydrogen-bond donors (Lipinski definition) is 0. The lowest BCUT2D eigenvalue weighted by Crippen LogP contribution is -2.34. The Morgan fingerprint density at radius 3 is 2.42 bits per heavy atom. The summed E-state index contributed by atoms with van der Waals surface area (Å²) in [6.45, 7) is 9.53. The Balaban J connectivity index is 1.36. The lowest BCUT2D eigenvalue weighted by Gasteiger charge is -2.32. The Bertz CT molecular complexity index is 866. The molecule has 1 fully saturated rings. The molecule has 1 aliphatic heterocycles. The number of benzene rings is 1. The number of aromatic nitrogens is 4. The van der Waals surface area contributed by atoms with Gasteiger partial charge in [-0.2, -0.15) is 10.2 Å². The second kappa shape index (κ2) is 7.08. The van der Waals surface area contributed by atoms with Crippen LogP contribution in [-0.4, -0.2) is 37.6 Å². The largest absolute Gasteiger partial charge is 0.299 e. The highest BCUT2D eigenvalue weighted by Crippen LogP contribution is 2.25. The van der Waals surface area contributed by atoms with Gasteiger partial charge in [0.25, 0.3) is 0 Å². The number of likely N-dealkylation sites (tertiary alicyclic amines) is 1. The van der Waals surface area contributed by atoms with Crippen molar-refractivity contribution in [1.82, 2.24) is 24.5 Å². The predicted octanol–water partition coefficient (Wildman–Crippen LogP) is 3.83. The average molecular weight is 349 g/mol. The quantitative estimate of drug-likeness (QED) is 0.718. The van der Waals surface area contributed by atoms with Crippen molar-refractivity contribution in [3.05, 3.63) is 65.2 Å². The summed E-state index contributed by atoms with van der Waals surface area (Å²) in [5, 5.41) is 9.21. The lowest BCUT2D eigenvalue weighted by molar-refractivity contribution is 0.172. The van der Waals surface area contributed by atoms with Crippen LogP contribution in [0.25, 0.3) is 5.69 Å². The van der Waals surface area contributed by atoms with Crippen molar-refractivity contribution in [3.8, 4) is 5.69 Å². The average Bonchev–Trinajstić information content (AvgIpc) is 3.22. The summed E-state index contributed by atoms with van der Waals surface area (Å²) in [7, 11) is 0. The first kappa shape index (κ1) is 17.0. The van der Waals surface area contributed by atoms with Crippen LogP contribution in [0.1, 0.15) is 41.4 Å². The Morgan fingerprint density at radius 2 is 1.77 bits per heavy atom. The third kappa shape index (κ3) is 3.58. The van der Waals surface area contributed by atoms with E-state index in [-0.39, 0.29) is 0 Å². The fourth-order valence-corrected chi connectivity index (χ4v) is 3.88. The van der Waals surface area contributed by atoms with Crippen molar-refractivity contribution in [2.45, 2.75) is 46.2 Å². The minimum atomic E-state index is 0.537. The standard InChI is InChI=1S/C21H27N5/c1-16-4-6-20(7-5-16)25-15-19(13-22-25)14-24-10-8-21(9-11-24)26-18(3)12-17(2)23-26/h4-7,12-13,15,21H,8-11,14H2,1-3H3. The van der Waals surface area contributed by atoms with Crippen LogP contribution in [0.4, 0.5) is 0 Å². The molecule has 1 aromatic carbocycles. The molecule has 0 bridgehead atoms. The van der Waals surface area contributed by atoms with Crippen LogP contribution in [0, 0.1) is 20.8 Å². The van der Waals surface area contributed by atoms with E-state index in [0.717, 1.165) is 43.9 Å². The topological polar surface area (TPSA) is 38.9 Å². The highest BCUT2D eigenvalue weighted by molar-refractivity contribution is 5.34. The molecule has 0 amide bonds. The van der Waals surface area contributed by atoms with Crippen molar-refractivity contribution < 1.29 is 0 Å². The van der Waals surface area contributed by atoms with E-state index in [1.54, 1.807) is 0 Å². The van der Waals surface area contributed by atoms with E-state index in [0.29, 0.717) is 6.04 Å². The maximum absolute atomic E-state index is 4.67. The number of nitrogens with zero attached hydrogens (tertiary/aromatic N) is 5. The second-order valence-corrected chi connectivity index (χ2v) is 7.51. The minimum Gasteiger partial charge on any atom is -0.299 e. The molecule has 4 rings (SSSR count). The maximum atomic E-state index is 4.67. The van der Waals surface area contributed by atoms with Crippen LogP contribution >= 0.6 is 0 Å². The minimum absolute atomic E-state index is 0.537. The first-order chi connectivity index (χ1) is 12.6. The Morgan fingerprint density at radius 1 is 1.04 bits per heavy atom. The zero-order valence-corrected chi connectivity index (χ0v) is 15.9. The SMILES string of the molecule is Cc1ccc(-n2cc(CN3CCC(n4nc(C)cc4C)CC3)cn2)cc1. The summed E-state index contributed by atoms with van der Waals surface area (Å²) in [6.07, 6.45) is 6.47. The number of rotatable bonds is 4. The van der Waals surface area contributed by atoms with Gasteiger partial charge >= 0.3 is 0 Å². The van der Waals surface area contributed by atoms with Crippen LogP contribution in [0.2, 0.25) is 0 Å². The zero-order valence-electron chi connectivity index (χ0n) is 15.9. The van der Waals surface area contributed by atoms with Crippen molar-refractivity contribution in [1.29, 1.82) is 0 Å². The summed E-state index contributed by atoms with van der Waals surface area (Å²) in [5.74, 6) is 0. The fourth-order valence-electron chi connectivity index (χ4n) is 3.88. The van der Waals surface area contributed by atoms with Gasteiger partial charge in [-0.25, -0.2) is 4.68 Å². The molecule has 3 aromatic rings. The van der Waals surface area contributed by atoms with Gasteiger partial charge in [0.05, 0.1) is 23.6 Å². The van der Waals surface area contributed by atoms with Gasteiger partial charge in [0.15, 0.2) is 0 Å². The smallest absolute Gasteiger partial charge is 0.0645 e. The summed E-state index contributed by atoms with van der Waals surface area (Å²) in [5.41, 5.74) is 6.06. The first-order valence-electron chi connectivity index (χ1n) is 9.44. The third-order valence-electron chi connectivity index (χ3n) is 5.29. The Labute approximate surface area is 155 Å². The van der Waals surface area contributed by atoms with Crippen molar-refractivity contribution in [3.63, 3.8) is 0 Å². The molecule has 5 heteroatoms. The van der Waals surface area contributed by atoms with E-state index in [1.807, 2.05) is 10.9 Å². The van der Waals surface area contributed by atoms with Gasteiger partial charge in [0, 0.05) is 37.1 Å². The van der Waals surface area contributed by atoms with E-state index in [1.165, 1.54) is 16.8 Å². The maximum Gasteiger partial charge on any atom is 0.0645 e. The highest BCUT2D eigenvalue weighted by atomic mass is 15.3. The summed E-state index contributed by atoms with van der Waals surface area (Å²) < 4.78 is 4.19. The molecular formula is C21H27N5. The summed E-state index contributed by atoms with van der Waals surface area (Å²) in [6, 6.07) is 11.2. The van der Waals surface area contributed by atoms with Crippen LogP contribution in [0.15, 0.2) is 42.7 Å².